The van der Waals surface area contributed by atoms with E-state index in [0.29, 0.717) is 25.4 Å². The van der Waals surface area contributed by atoms with Gasteiger partial charge in [0.2, 0.25) is 5.91 Å². The van der Waals surface area contributed by atoms with Crippen molar-refractivity contribution in [3.8, 4) is 5.75 Å². The molecule has 1 saturated carbocycles. The average molecular weight is 416 g/mol. The second-order valence-corrected chi connectivity index (χ2v) is 8.68. The molecule has 1 spiro atoms. The zero-order chi connectivity index (χ0) is 20.6. The first kappa shape index (κ1) is 19.7. The van der Waals surface area contributed by atoms with Crippen LogP contribution in [0.1, 0.15) is 42.1 Å². The van der Waals surface area contributed by atoms with Crippen LogP contribution in [-0.4, -0.2) is 52.8 Å². The predicted octanol–water partition coefficient (Wildman–Crippen LogP) is 2.49. The lowest BCUT2D eigenvalue weighted by Crippen LogP contribution is -2.43. The van der Waals surface area contributed by atoms with E-state index in [0.717, 1.165) is 24.8 Å². The van der Waals surface area contributed by atoms with Crippen molar-refractivity contribution >= 4 is 23.2 Å². The number of carbonyl (C=O) groups is 2. The number of H-pyrrole nitrogens is 1. The number of pyridine rings is 1. The normalized spacial score (nSPS) is 19.8. The van der Waals surface area contributed by atoms with E-state index >= 15 is 0 Å². The third kappa shape index (κ3) is 3.69. The summed E-state index contributed by atoms with van der Waals surface area (Å²) in [5.74, 6) is 0.0939. The number of likely N-dealkylation sites (tertiary alicyclic amines) is 1. The van der Waals surface area contributed by atoms with Crippen molar-refractivity contribution in [2.75, 3.05) is 20.2 Å². The minimum absolute atomic E-state index is 0.0566. The number of ether oxygens (including phenoxy) is 1. The fourth-order valence-electron chi connectivity index (χ4n) is 4.47. The zero-order valence-corrected chi connectivity index (χ0v) is 17.5. The van der Waals surface area contributed by atoms with Crippen LogP contribution in [0.25, 0.3) is 0 Å². The predicted molar refractivity (Wildman–Crippen MR) is 110 cm³/mol. The van der Waals surface area contributed by atoms with Crippen molar-refractivity contribution in [1.82, 2.24) is 14.8 Å². The summed E-state index contributed by atoms with van der Waals surface area (Å²) < 4.78 is 5.21. The van der Waals surface area contributed by atoms with Crippen molar-refractivity contribution in [3.05, 3.63) is 50.6 Å². The van der Waals surface area contributed by atoms with Crippen LogP contribution in [-0.2, 0) is 11.3 Å². The van der Waals surface area contributed by atoms with Crippen LogP contribution in [0.15, 0.2) is 33.9 Å². The molecule has 0 radical (unpaired) electrons. The van der Waals surface area contributed by atoms with Crippen LogP contribution in [0, 0.1) is 5.41 Å². The van der Waals surface area contributed by atoms with E-state index in [9.17, 15) is 14.4 Å². The molecule has 4 rings (SSSR count). The Bertz CT molecular complexity index is 961. The number of methoxy groups -OCH3 is 1. The van der Waals surface area contributed by atoms with E-state index in [1.807, 2.05) is 10.3 Å². The summed E-state index contributed by atoms with van der Waals surface area (Å²) in [5.41, 5.74) is 0.875. The molecule has 1 atom stereocenters. The van der Waals surface area contributed by atoms with Gasteiger partial charge in [-0.1, -0.05) is 0 Å². The first-order valence-corrected chi connectivity index (χ1v) is 10.7. The maximum atomic E-state index is 12.9. The molecule has 0 aromatic carbocycles. The highest BCUT2D eigenvalue weighted by Gasteiger charge is 2.58. The number of aromatic nitrogens is 1. The molecular formula is C21H25N3O4S. The number of amides is 2. The lowest BCUT2D eigenvalue weighted by molar-refractivity contribution is -0.130. The van der Waals surface area contributed by atoms with Gasteiger partial charge in [-0.2, -0.15) is 11.3 Å². The van der Waals surface area contributed by atoms with Gasteiger partial charge >= 0.3 is 0 Å². The van der Waals surface area contributed by atoms with Crippen molar-refractivity contribution in [1.29, 1.82) is 0 Å². The third-order valence-electron chi connectivity index (χ3n) is 6.26. The van der Waals surface area contributed by atoms with Crippen molar-refractivity contribution in [2.45, 2.75) is 38.8 Å². The maximum absolute atomic E-state index is 12.9. The van der Waals surface area contributed by atoms with Crippen LogP contribution < -0.4 is 10.3 Å². The standard InChI is InChI=1S/C21H25N3O4S/c1-14(25)24(12-15-4-10-29-13-15)17-11-21(17)5-8-23(9-6-21)20(27)18-16(28-2)3-7-22-19(18)26/h3-4,7,10,13,17H,5-6,8-9,11-12H2,1-2H3,(H,22,26). The minimum Gasteiger partial charge on any atom is -0.496 e. The minimum atomic E-state index is -0.433. The SMILES string of the molecule is COc1cc[nH]c(=O)c1C(=O)N1CCC2(CC1)CC2N(Cc1ccsc1)C(C)=O. The summed E-state index contributed by atoms with van der Waals surface area (Å²) in [5, 5.41) is 4.11. The van der Waals surface area contributed by atoms with Gasteiger partial charge in [0.1, 0.15) is 11.3 Å². The fourth-order valence-corrected chi connectivity index (χ4v) is 5.13. The first-order valence-electron chi connectivity index (χ1n) is 9.78. The summed E-state index contributed by atoms with van der Waals surface area (Å²) in [4.78, 5) is 43.6. The molecular weight excluding hydrogens is 390 g/mol. The number of nitrogens with one attached hydrogen (secondary N) is 1. The number of piperidine rings is 1. The van der Waals surface area contributed by atoms with Crippen molar-refractivity contribution in [2.24, 2.45) is 5.41 Å². The molecule has 2 aliphatic rings. The Hall–Kier alpha value is -2.61. The number of hydrogen-bond acceptors (Lipinski definition) is 5. The zero-order valence-electron chi connectivity index (χ0n) is 16.6. The summed E-state index contributed by atoms with van der Waals surface area (Å²) in [6, 6.07) is 3.88. The molecule has 3 heterocycles. The molecule has 1 N–H and O–H groups in total. The summed E-state index contributed by atoms with van der Waals surface area (Å²) in [6.45, 7) is 3.43. The van der Waals surface area contributed by atoms with Crippen molar-refractivity contribution in [3.63, 3.8) is 0 Å². The molecule has 0 bridgehead atoms. The Kier molecular flexibility index (Phi) is 5.21. The lowest BCUT2D eigenvalue weighted by Gasteiger charge is -2.34. The van der Waals surface area contributed by atoms with Gasteiger partial charge in [-0.25, -0.2) is 0 Å². The molecule has 2 amide bonds. The smallest absolute Gasteiger partial charge is 0.264 e. The molecule has 29 heavy (non-hydrogen) atoms. The highest BCUT2D eigenvalue weighted by atomic mass is 32.1. The van der Waals surface area contributed by atoms with Gasteiger partial charge in [0.05, 0.1) is 7.11 Å². The molecule has 8 heteroatoms. The Morgan fingerprint density at radius 1 is 1.34 bits per heavy atom. The summed E-state index contributed by atoms with van der Waals surface area (Å²) in [7, 11) is 1.45. The van der Waals surface area contributed by atoms with E-state index in [1.165, 1.54) is 13.3 Å². The fraction of sp³-hybridized carbons (Fsp3) is 0.476. The molecule has 1 aliphatic heterocycles. The topological polar surface area (TPSA) is 82.7 Å². The lowest BCUT2D eigenvalue weighted by atomic mass is 9.91. The second kappa shape index (κ2) is 7.67. The number of hydrogen-bond donors (Lipinski definition) is 1. The van der Waals surface area contributed by atoms with Crippen LogP contribution in [0.4, 0.5) is 0 Å². The summed E-state index contributed by atoms with van der Waals surface area (Å²) in [6.07, 6.45) is 4.13. The Balaban J connectivity index is 1.43. The maximum Gasteiger partial charge on any atom is 0.264 e. The Morgan fingerprint density at radius 3 is 2.72 bits per heavy atom. The van der Waals surface area contributed by atoms with Gasteiger partial charge in [0, 0.05) is 38.8 Å². The van der Waals surface area contributed by atoms with E-state index in [2.05, 4.69) is 16.4 Å². The largest absolute Gasteiger partial charge is 0.496 e. The molecule has 2 aromatic heterocycles. The highest BCUT2D eigenvalue weighted by molar-refractivity contribution is 7.07. The van der Waals surface area contributed by atoms with Gasteiger partial charge in [0.25, 0.3) is 11.5 Å². The quantitative estimate of drug-likeness (QED) is 0.813. The number of carbonyl (C=O) groups excluding carboxylic acids is 2. The molecule has 2 fully saturated rings. The van der Waals surface area contributed by atoms with Crippen LogP contribution >= 0.6 is 11.3 Å². The molecule has 1 aliphatic carbocycles. The second-order valence-electron chi connectivity index (χ2n) is 7.90. The van der Waals surface area contributed by atoms with Gasteiger partial charge < -0.3 is 19.5 Å². The molecule has 1 unspecified atom stereocenters. The van der Waals surface area contributed by atoms with Crippen LogP contribution in [0.3, 0.4) is 0 Å². The van der Waals surface area contributed by atoms with E-state index in [4.69, 9.17) is 4.74 Å². The first-order chi connectivity index (χ1) is 13.9. The third-order valence-corrected chi connectivity index (χ3v) is 7.00. The van der Waals surface area contributed by atoms with Crippen LogP contribution in [0.5, 0.6) is 5.75 Å². The molecule has 2 aromatic rings. The number of rotatable bonds is 5. The molecule has 154 valence electrons. The number of aromatic amines is 1. The van der Waals surface area contributed by atoms with Gasteiger partial charge in [0.15, 0.2) is 0 Å². The highest BCUT2D eigenvalue weighted by Crippen LogP contribution is 2.57. The van der Waals surface area contributed by atoms with Gasteiger partial charge in [-0.3, -0.25) is 14.4 Å². The molecule has 7 nitrogen and oxygen atoms in total. The summed E-state index contributed by atoms with van der Waals surface area (Å²) >= 11 is 1.64. The van der Waals surface area contributed by atoms with E-state index in [1.54, 1.807) is 29.2 Å². The Labute approximate surface area is 173 Å². The number of nitrogens with zero attached hydrogens (tertiary/aromatic N) is 2. The van der Waals surface area contributed by atoms with Gasteiger partial charge in [-0.15, -0.1) is 0 Å². The molecule has 1 saturated heterocycles. The van der Waals surface area contributed by atoms with Crippen LogP contribution in [0.2, 0.25) is 0 Å². The van der Waals surface area contributed by atoms with E-state index < -0.39 is 5.56 Å². The number of thiophene rings is 1. The Morgan fingerprint density at radius 2 is 2.10 bits per heavy atom. The average Bonchev–Trinajstić information content (AvgIpc) is 3.13. The van der Waals surface area contributed by atoms with Gasteiger partial charge in [-0.05, 0) is 53.1 Å². The monoisotopic (exact) mass is 415 g/mol. The van der Waals surface area contributed by atoms with E-state index in [-0.39, 0.29) is 28.8 Å². The van der Waals surface area contributed by atoms with Crippen molar-refractivity contribution < 1.29 is 14.3 Å².